The molecule has 106 valence electrons. The largest absolute Gasteiger partial charge is 0.393 e. The van der Waals surface area contributed by atoms with Gasteiger partial charge in [0.05, 0.1) is 11.1 Å². The number of nitro benzene ring substituents is 1. The minimum atomic E-state index is -0.485. The first-order valence-corrected chi connectivity index (χ1v) is 6.34. The van der Waals surface area contributed by atoms with E-state index >= 15 is 0 Å². The van der Waals surface area contributed by atoms with E-state index in [4.69, 9.17) is 5.73 Å². The third-order valence-electron chi connectivity index (χ3n) is 3.11. The van der Waals surface area contributed by atoms with E-state index in [2.05, 4.69) is 15.5 Å². The van der Waals surface area contributed by atoms with Crippen LogP contribution in [0.1, 0.15) is 17.7 Å². The van der Waals surface area contributed by atoms with E-state index in [-0.39, 0.29) is 11.4 Å². The summed E-state index contributed by atoms with van der Waals surface area (Å²) in [6, 6.07) is 4.66. The molecule has 0 saturated carbocycles. The van der Waals surface area contributed by atoms with E-state index in [9.17, 15) is 10.1 Å². The monoisotopic (exact) mass is 275 g/mol. The van der Waals surface area contributed by atoms with Crippen molar-refractivity contribution in [2.45, 2.75) is 19.8 Å². The number of nitrogens with one attached hydrogen (secondary N) is 2. The predicted molar refractivity (Wildman–Crippen MR) is 77.6 cm³/mol. The van der Waals surface area contributed by atoms with Gasteiger partial charge in [-0.1, -0.05) is 0 Å². The van der Waals surface area contributed by atoms with Gasteiger partial charge in [-0.25, -0.2) is 0 Å². The molecule has 7 heteroatoms. The Hall–Kier alpha value is -2.57. The molecule has 0 aliphatic rings. The van der Waals surface area contributed by atoms with Crippen LogP contribution in [0.15, 0.2) is 24.4 Å². The number of nitro groups is 1. The summed E-state index contributed by atoms with van der Waals surface area (Å²) in [6.07, 6.45) is 3.70. The van der Waals surface area contributed by atoms with Crippen LogP contribution >= 0.6 is 0 Å². The van der Waals surface area contributed by atoms with Crippen molar-refractivity contribution in [1.82, 2.24) is 10.2 Å². The summed E-state index contributed by atoms with van der Waals surface area (Å²) in [4.78, 5) is 10.2. The first-order valence-electron chi connectivity index (χ1n) is 6.34. The highest BCUT2D eigenvalue weighted by Gasteiger charge is 2.10. The van der Waals surface area contributed by atoms with Crippen molar-refractivity contribution in [3.05, 3.63) is 45.8 Å². The second-order valence-corrected chi connectivity index (χ2v) is 4.58. The van der Waals surface area contributed by atoms with E-state index in [0.29, 0.717) is 0 Å². The Bertz CT molecular complexity index is 609. The fraction of sp³-hybridized carbons (Fsp3) is 0.308. The van der Waals surface area contributed by atoms with Gasteiger partial charge in [0, 0.05) is 24.0 Å². The van der Waals surface area contributed by atoms with Crippen molar-refractivity contribution >= 4 is 17.1 Å². The van der Waals surface area contributed by atoms with E-state index in [1.165, 1.54) is 11.6 Å². The molecule has 0 radical (unpaired) electrons. The Balaban J connectivity index is 1.84. The summed E-state index contributed by atoms with van der Waals surface area (Å²) in [5, 5.41) is 20.7. The van der Waals surface area contributed by atoms with Gasteiger partial charge >= 0.3 is 0 Å². The number of H-pyrrole nitrogens is 1. The molecule has 1 aromatic heterocycles. The maximum absolute atomic E-state index is 10.7. The van der Waals surface area contributed by atoms with E-state index in [1.54, 1.807) is 12.1 Å². The molecular formula is C13H17N5O2. The van der Waals surface area contributed by atoms with Crippen molar-refractivity contribution in [1.29, 1.82) is 0 Å². The van der Waals surface area contributed by atoms with E-state index in [0.717, 1.165) is 30.8 Å². The highest BCUT2D eigenvalue weighted by Crippen LogP contribution is 2.24. The van der Waals surface area contributed by atoms with Crippen LogP contribution in [-0.2, 0) is 6.42 Å². The fourth-order valence-electron chi connectivity index (χ4n) is 1.97. The zero-order valence-corrected chi connectivity index (χ0v) is 11.2. The summed E-state index contributed by atoms with van der Waals surface area (Å²) in [7, 11) is 0. The molecule has 0 saturated heterocycles. The number of hydrogen-bond donors (Lipinski definition) is 3. The normalized spacial score (nSPS) is 10.4. The lowest BCUT2D eigenvalue weighted by Gasteiger charge is -2.07. The summed E-state index contributed by atoms with van der Waals surface area (Å²) in [6.45, 7) is 2.76. The number of aromatic nitrogens is 2. The third-order valence-corrected chi connectivity index (χ3v) is 3.11. The Morgan fingerprint density at radius 3 is 2.90 bits per heavy atom. The zero-order valence-electron chi connectivity index (χ0n) is 11.2. The average Bonchev–Trinajstić information content (AvgIpc) is 2.80. The minimum Gasteiger partial charge on any atom is -0.393 e. The number of nitrogens with zero attached hydrogens (tertiary/aromatic N) is 2. The van der Waals surface area contributed by atoms with Gasteiger partial charge in [-0.3, -0.25) is 15.2 Å². The van der Waals surface area contributed by atoms with E-state index in [1.807, 2.05) is 13.1 Å². The second-order valence-electron chi connectivity index (χ2n) is 4.58. The lowest BCUT2D eigenvalue weighted by Crippen LogP contribution is -2.04. The highest BCUT2D eigenvalue weighted by atomic mass is 16.6. The van der Waals surface area contributed by atoms with Crippen LogP contribution in [0.3, 0.4) is 0 Å². The first-order chi connectivity index (χ1) is 9.58. The number of anilines is 2. The Labute approximate surface area is 116 Å². The topological polar surface area (TPSA) is 110 Å². The maximum Gasteiger partial charge on any atom is 0.292 e. The van der Waals surface area contributed by atoms with E-state index < -0.39 is 4.92 Å². The smallest absolute Gasteiger partial charge is 0.292 e. The lowest BCUT2D eigenvalue weighted by atomic mass is 10.1. The molecule has 1 heterocycles. The molecular weight excluding hydrogens is 258 g/mol. The van der Waals surface area contributed by atoms with Crippen molar-refractivity contribution in [2.75, 3.05) is 17.6 Å². The minimum absolute atomic E-state index is 0.0652. The predicted octanol–water partition coefficient (Wildman–Crippen LogP) is 2.25. The van der Waals surface area contributed by atoms with Crippen LogP contribution < -0.4 is 11.1 Å². The van der Waals surface area contributed by atoms with Crippen LogP contribution in [-0.4, -0.2) is 21.7 Å². The van der Waals surface area contributed by atoms with Gasteiger partial charge in [-0.2, -0.15) is 5.10 Å². The standard InChI is InChI=1S/C13H17N5O2/c1-9-10(8-16-17-9)3-2-6-15-11-4-5-13(18(19)20)12(14)7-11/h4-5,7-8,15H,2-3,6,14H2,1H3,(H,16,17). The molecule has 0 unspecified atom stereocenters. The molecule has 2 aromatic rings. The number of nitrogens with two attached hydrogens (primary N) is 1. The van der Waals surface area contributed by atoms with Gasteiger partial charge in [0.2, 0.25) is 0 Å². The fourth-order valence-corrected chi connectivity index (χ4v) is 1.97. The Morgan fingerprint density at radius 1 is 1.50 bits per heavy atom. The number of hydrogen-bond acceptors (Lipinski definition) is 5. The van der Waals surface area contributed by atoms with Crippen molar-refractivity contribution < 1.29 is 4.92 Å². The quantitative estimate of drug-likeness (QED) is 0.324. The van der Waals surface area contributed by atoms with Gasteiger partial charge in [-0.15, -0.1) is 0 Å². The number of aromatic amines is 1. The third kappa shape index (κ3) is 3.25. The molecule has 0 atom stereocenters. The van der Waals surface area contributed by atoms with Crippen molar-refractivity contribution in [2.24, 2.45) is 0 Å². The molecule has 20 heavy (non-hydrogen) atoms. The molecule has 7 nitrogen and oxygen atoms in total. The van der Waals surface area contributed by atoms with Crippen LogP contribution in [0.25, 0.3) is 0 Å². The van der Waals surface area contributed by atoms with Gasteiger partial charge in [0.25, 0.3) is 5.69 Å². The van der Waals surface area contributed by atoms with Crippen LogP contribution in [0.4, 0.5) is 17.1 Å². The summed E-state index contributed by atoms with van der Waals surface area (Å²) < 4.78 is 0. The van der Waals surface area contributed by atoms with Crippen LogP contribution in [0.2, 0.25) is 0 Å². The number of nitrogen functional groups attached to an aromatic ring is 1. The van der Waals surface area contributed by atoms with Crippen molar-refractivity contribution in [3.63, 3.8) is 0 Å². The SMILES string of the molecule is Cc1[nH]ncc1CCCNc1ccc([N+](=O)[O-])c(N)c1. The van der Waals surface area contributed by atoms with Gasteiger partial charge in [-0.05, 0) is 37.5 Å². The second kappa shape index (κ2) is 6.05. The first kappa shape index (κ1) is 13.9. The van der Waals surface area contributed by atoms with Crippen LogP contribution in [0.5, 0.6) is 0 Å². The average molecular weight is 275 g/mol. The molecule has 2 rings (SSSR count). The van der Waals surface area contributed by atoms with Gasteiger partial charge in [0.15, 0.2) is 0 Å². The summed E-state index contributed by atoms with van der Waals surface area (Å²) in [5.41, 5.74) is 8.82. The molecule has 0 amide bonds. The Morgan fingerprint density at radius 2 is 2.30 bits per heavy atom. The summed E-state index contributed by atoms with van der Waals surface area (Å²) in [5.74, 6) is 0. The van der Waals surface area contributed by atoms with Gasteiger partial charge < -0.3 is 11.1 Å². The molecule has 4 N–H and O–H groups in total. The molecule has 0 aliphatic carbocycles. The molecule has 1 aromatic carbocycles. The van der Waals surface area contributed by atoms with Gasteiger partial charge in [0.1, 0.15) is 5.69 Å². The lowest BCUT2D eigenvalue weighted by molar-refractivity contribution is -0.383. The highest BCUT2D eigenvalue weighted by molar-refractivity contribution is 5.65. The number of rotatable bonds is 6. The zero-order chi connectivity index (χ0) is 14.5. The molecule has 0 fully saturated rings. The summed E-state index contributed by atoms with van der Waals surface area (Å²) >= 11 is 0. The molecule has 0 spiro atoms. The van der Waals surface area contributed by atoms with Crippen molar-refractivity contribution in [3.8, 4) is 0 Å². The van der Waals surface area contributed by atoms with Crippen LogP contribution in [0, 0.1) is 17.0 Å². The maximum atomic E-state index is 10.7. The molecule has 0 aliphatic heterocycles. The number of benzene rings is 1. The molecule has 0 bridgehead atoms. The Kier molecular flexibility index (Phi) is 4.19. The number of aryl methyl sites for hydroxylation is 2.